The van der Waals surface area contributed by atoms with Crippen molar-refractivity contribution in [2.75, 3.05) is 0 Å². The lowest BCUT2D eigenvalue weighted by Crippen LogP contribution is -2.21. The number of ether oxygens (including phenoxy) is 1. The summed E-state index contributed by atoms with van der Waals surface area (Å²) < 4.78 is 7.44. The predicted molar refractivity (Wildman–Crippen MR) is 85.7 cm³/mol. The lowest BCUT2D eigenvalue weighted by atomic mass is 10.0. The summed E-state index contributed by atoms with van der Waals surface area (Å²) in [5, 5.41) is 4.89. The SMILES string of the molecule is CCC(N)Cc1ccc(OCc2c(C)nn(C)c2Cl)cc1. The molecule has 1 heterocycles. The highest BCUT2D eigenvalue weighted by Gasteiger charge is 2.11. The second-order valence-electron chi connectivity index (χ2n) is 5.28. The van der Waals surface area contributed by atoms with Crippen molar-refractivity contribution in [3.05, 3.63) is 46.2 Å². The highest BCUT2D eigenvalue weighted by molar-refractivity contribution is 6.30. The maximum atomic E-state index is 6.19. The minimum atomic E-state index is 0.216. The Balaban J connectivity index is 1.97. The molecule has 2 N–H and O–H groups in total. The highest BCUT2D eigenvalue weighted by Crippen LogP contribution is 2.21. The molecule has 2 aromatic rings. The molecule has 2 rings (SSSR count). The van der Waals surface area contributed by atoms with E-state index in [1.165, 1.54) is 5.56 Å². The first-order valence-corrected chi connectivity index (χ1v) is 7.54. The van der Waals surface area contributed by atoms with Crippen LogP contribution in [0.3, 0.4) is 0 Å². The summed E-state index contributed by atoms with van der Waals surface area (Å²) >= 11 is 6.19. The molecule has 0 radical (unpaired) electrons. The van der Waals surface area contributed by atoms with Gasteiger partial charge in [-0.25, -0.2) is 0 Å². The monoisotopic (exact) mass is 307 g/mol. The molecule has 0 aliphatic rings. The summed E-state index contributed by atoms with van der Waals surface area (Å²) in [5.41, 5.74) is 9.01. The zero-order valence-electron chi connectivity index (χ0n) is 12.8. The van der Waals surface area contributed by atoms with Gasteiger partial charge < -0.3 is 10.5 Å². The highest BCUT2D eigenvalue weighted by atomic mass is 35.5. The van der Waals surface area contributed by atoms with Gasteiger partial charge in [0.2, 0.25) is 0 Å². The van der Waals surface area contributed by atoms with Crippen molar-refractivity contribution in [3.63, 3.8) is 0 Å². The molecule has 0 amide bonds. The van der Waals surface area contributed by atoms with Crippen molar-refractivity contribution in [2.45, 2.75) is 39.3 Å². The van der Waals surface area contributed by atoms with Crippen LogP contribution in [0, 0.1) is 6.92 Å². The number of nitrogens with two attached hydrogens (primary N) is 1. The van der Waals surface area contributed by atoms with E-state index in [0.29, 0.717) is 11.8 Å². The Morgan fingerprint density at radius 3 is 2.52 bits per heavy atom. The number of hydrogen-bond donors (Lipinski definition) is 1. The quantitative estimate of drug-likeness (QED) is 0.891. The van der Waals surface area contributed by atoms with Gasteiger partial charge in [-0.15, -0.1) is 0 Å². The summed E-state index contributed by atoms with van der Waals surface area (Å²) in [6, 6.07) is 8.27. The van der Waals surface area contributed by atoms with Gasteiger partial charge in [-0.05, 0) is 37.5 Å². The number of hydrogen-bond acceptors (Lipinski definition) is 3. The van der Waals surface area contributed by atoms with Crippen LogP contribution in [0.2, 0.25) is 5.15 Å². The van der Waals surface area contributed by atoms with E-state index in [-0.39, 0.29) is 6.04 Å². The first-order chi connectivity index (χ1) is 10.0. The van der Waals surface area contributed by atoms with Crippen molar-refractivity contribution in [1.82, 2.24) is 9.78 Å². The molecule has 0 aliphatic carbocycles. The van der Waals surface area contributed by atoms with Gasteiger partial charge >= 0.3 is 0 Å². The van der Waals surface area contributed by atoms with Crippen LogP contribution in [-0.4, -0.2) is 15.8 Å². The normalized spacial score (nSPS) is 12.4. The van der Waals surface area contributed by atoms with Crippen molar-refractivity contribution in [3.8, 4) is 5.75 Å². The number of nitrogens with zero attached hydrogens (tertiary/aromatic N) is 2. The fraction of sp³-hybridized carbons (Fsp3) is 0.438. The molecule has 1 atom stereocenters. The lowest BCUT2D eigenvalue weighted by Gasteiger charge is -2.10. The summed E-state index contributed by atoms with van der Waals surface area (Å²) in [6.07, 6.45) is 1.88. The average Bonchev–Trinajstić information content (AvgIpc) is 2.71. The number of rotatable bonds is 6. The first kappa shape index (κ1) is 15.9. The smallest absolute Gasteiger partial charge is 0.133 e. The number of aromatic nitrogens is 2. The topological polar surface area (TPSA) is 53.1 Å². The van der Waals surface area contributed by atoms with Crippen molar-refractivity contribution in [1.29, 1.82) is 0 Å². The summed E-state index contributed by atoms with van der Waals surface area (Å²) in [4.78, 5) is 0. The van der Waals surface area contributed by atoms with Gasteiger partial charge in [-0.2, -0.15) is 5.10 Å². The van der Waals surface area contributed by atoms with Gasteiger partial charge in [0.15, 0.2) is 0 Å². The molecule has 0 fully saturated rings. The Labute approximate surface area is 130 Å². The molecule has 5 heteroatoms. The maximum Gasteiger partial charge on any atom is 0.133 e. The van der Waals surface area contributed by atoms with Crippen molar-refractivity contribution in [2.24, 2.45) is 12.8 Å². The zero-order valence-corrected chi connectivity index (χ0v) is 13.5. The van der Waals surface area contributed by atoms with Crippen LogP contribution >= 0.6 is 11.6 Å². The van der Waals surface area contributed by atoms with E-state index in [1.807, 2.05) is 26.1 Å². The summed E-state index contributed by atoms with van der Waals surface area (Å²) in [6.45, 7) is 4.45. The minimum Gasteiger partial charge on any atom is -0.489 e. The van der Waals surface area contributed by atoms with Crippen LogP contribution in [0.15, 0.2) is 24.3 Å². The van der Waals surface area contributed by atoms with E-state index in [1.54, 1.807) is 4.68 Å². The Hall–Kier alpha value is -1.52. The minimum absolute atomic E-state index is 0.216. The van der Waals surface area contributed by atoms with Gasteiger partial charge in [0.05, 0.1) is 5.69 Å². The van der Waals surface area contributed by atoms with Crippen LogP contribution in [0.1, 0.15) is 30.2 Å². The lowest BCUT2D eigenvalue weighted by molar-refractivity contribution is 0.305. The van der Waals surface area contributed by atoms with E-state index >= 15 is 0 Å². The molecule has 1 aromatic heterocycles. The van der Waals surface area contributed by atoms with E-state index < -0.39 is 0 Å². The van der Waals surface area contributed by atoms with E-state index in [4.69, 9.17) is 22.1 Å². The van der Waals surface area contributed by atoms with Gasteiger partial charge in [-0.1, -0.05) is 30.7 Å². The molecule has 0 saturated carbocycles. The molecule has 1 aromatic carbocycles. The summed E-state index contributed by atoms with van der Waals surface area (Å²) in [7, 11) is 1.82. The maximum absolute atomic E-state index is 6.19. The second kappa shape index (κ2) is 6.96. The fourth-order valence-corrected chi connectivity index (χ4v) is 2.39. The van der Waals surface area contributed by atoms with Crippen molar-refractivity contribution >= 4 is 11.6 Å². The molecule has 0 bridgehead atoms. The van der Waals surface area contributed by atoms with Crippen LogP contribution in [0.5, 0.6) is 5.75 Å². The molecule has 0 saturated heterocycles. The van der Waals surface area contributed by atoms with Crippen LogP contribution in [0.25, 0.3) is 0 Å². The third-order valence-corrected chi connectivity index (χ3v) is 4.07. The molecular formula is C16H22ClN3O. The Morgan fingerprint density at radius 1 is 1.33 bits per heavy atom. The molecule has 0 aliphatic heterocycles. The summed E-state index contributed by atoms with van der Waals surface area (Å²) in [5.74, 6) is 0.822. The zero-order chi connectivity index (χ0) is 15.4. The Kier molecular flexibility index (Phi) is 5.26. The van der Waals surface area contributed by atoms with Gasteiger partial charge in [0.25, 0.3) is 0 Å². The standard InChI is InChI=1S/C16H22ClN3O/c1-4-13(18)9-12-5-7-14(8-6-12)21-10-15-11(2)19-20(3)16(15)17/h5-8,13H,4,9-10,18H2,1-3H3. The molecule has 0 spiro atoms. The van der Waals surface area contributed by atoms with Crippen LogP contribution in [-0.2, 0) is 20.1 Å². The van der Waals surface area contributed by atoms with Crippen molar-refractivity contribution < 1.29 is 4.74 Å². The number of halogens is 1. The van der Waals surface area contributed by atoms with Gasteiger partial charge in [0, 0.05) is 18.7 Å². The number of aryl methyl sites for hydroxylation is 2. The van der Waals surface area contributed by atoms with Gasteiger partial charge in [0.1, 0.15) is 17.5 Å². The predicted octanol–water partition coefficient (Wildman–Crippen LogP) is 3.24. The third-order valence-electron chi connectivity index (χ3n) is 3.60. The van der Waals surface area contributed by atoms with E-state index in [9.17, 15) is 0 Å². The third kappa shape index (κ3) is 3.99. The Morgan fingerprint density at radius 2 is 2.00 bits per heavy atom. The van der Waals surface area contributed by atoms with E-state index in [2.05, 4.69) is 24.2 Å². The fourth-order valence-electron chi connectivity index (χ4n) is 2.16. The average molecular weight is 308 g/mol. The molecule has 4 nitrogen and oxygen atoms in total. The molecular weight excluding hydrogens is 286 g/mol. The largest absolute Gasteiger partial charge is 0.489 e. The molecule has 114 valence electrons. The molecule has 1 unspecified atom stereocenters. The van der Waals surface area contributed by atoms with E-state index in [0.717, 1.165) is 29.8 Å². The first-order valence-electron chi connectivity index (χ1n) is 7.16. The van der Waals surface area contributed by atoms with Crippen LogP contribution < -0.4 is 10.5 Å². The Bertz CT molecular complexity index is 592. The second-order valence-corrected chi connectivity index (χ2v) is 5.64. The van der Waals surface area contributed by atoms with Crippen LogP contribution in [0.4, 0.5) is 0 Å². The van der Waals surface area contributed by atoms with Gasteiger partial charge in [-0.3, -0.25) is 4.68 Å². The molecule has 21 heavy (non-hydrogen) atoms. The number of benzene rings is 1.